The van der Waals surface area contributed by atoms with Crippen molar-refractivity contribution >= 4 is 10.0 Å². The monoisotopic (exact) mass is 274 g/mol. The zero-order valence-electron chi connectivity index (χ0n) is 10.3. The second kappa shape index (κ2) is 5.79. The summed E-state index contributed by atoms with van der Waals surface area (Å²) in [5.41, 5.74) is 0. The van der Waals surface area contributed by atoms with E-state index < -0.39 is 10.0 Å². The fourth-order valence-corrected chi connectivity index (χ4v) is 2.83. The Labute approximate surface area is 107 Å². The van der Waals surface area contributed by atoms with Crippen LogP contribution in [-0.4, -0.2) is 62.4 Å². The summed E-state index contributed by atoms with van der Waals surface area (Å²) in [6.45, 7) is 5.62. The Kier molecular flexibility index (Phi) is 4.33. The first kappa shape index (κ1) is 13.5. The lowest BCUT2D eigenvalue weighted by Crippen LogP contribution is -2.47. The Morgan fingerprint density at radius 2 is 2.50 bits per heavy atom. The minimum Gasteiger partial charge on any atom is -0.374 e. The van der Waals surface area contributed by atoms with Gasteiger partial charge in [0.2, 0.25) is 10.0 Å². The van der Waals surface area contributed by atoms with Crippen LogP contribution in [0.5, 0.6) is 0 Å². The second-order valence-corrected chi connectivity index (χ2v) is 5.94. The predicted octanol–water partition coefficient (Wildman–Crippen LogP) is -0.591. The summed E-state index contributed by atoms with van der Waals surface area (Å²) >= 11 is 0. The molecule has 18 heavy (non-hydrogen) atoms. The van der Waals surface area contributed by atoms with Crippen molar-refractivity contribution in [2.45, 2.75) is 17.9 Å². The van der Waals surface area contributed by atoms with Crippen LogP contribution >= 0.6 is 0 Å². The zero-order chi connectivity index (χ0) is 13.0. The van der Waals surface area contributed by atoms with Gasteiger partial charge in [0.15, 0.2) is 0 Å². The van der Waals surface area contributed by atoms with E-state index in [4.69, 9.17) is 4.74 Å². The number of morpholine rings is 1. The van der Waals surface area contributed by atoms with E-state index >= 15 is 0 Å². The average Bonchev–Trinajstić information content (AvgIpc) is 2.91. The largest absolute Gasteiger partial charge is 0.374 e. The van der Waals surface area contributed by atoms with Crippen LogP contribution in [0, 0.1) is 0 Å². The number of sulfonamides is 1. The Balaban J connectivity index is 1.88. The highest BCUT2D eigenvalue weighted by atomic mass is 32.2. The fraction of sp³-hybridized carbons (Fsp3) is 0.700. The van der Waals surface area contributed by atoms with Gasteiger partial charge in [-0.3, -0.25) is 10.00 Å². The third-order valence-corrected chi connectivity index (χ3v) is 4.35. The van der Waals surface area contributed by atoms with Crippen molar-refractivity contribution in [3.63, 3.8) is 0 Å². The number of aromatic nitrogens is 2. The molecule has 0 saturated carbocycles. The van der Waals surface area contributed by atoms with Gasteiger partial charge < -0.3 is 4.74 Å². The van der Waals surface area contributed by atoms with E-state index in [2.05, 4.69) is 26.7 Å². The van der Waals surface area contributed by atoms with Crippen molar-refractivity contribution in [3.05, 3.63) is 12.4 Å². The number of hydrogen-bond donors (Lipinski definition) is 2. The van der Waals surface area contributed by atoms with E-state index in [0.717, 1.165) is 19.6 Å². The standard InChI is InChI=1S/C10H18N4O3S/c1-2-14-3-4-17-9(8-14)5-13-18(15,16)10-6-11-12-7-10/h6-7,9,13H,2-5,8H2,1H3,(H,11,12). The average molecular weight is 274 g/mol. The molecule has 0 spiro atoms. The van der Waals surface area contributed by atoms with Crippen LogP contribution in [0.1, 0.15) is 6.92 Å². The first-order valence-electron chi connectivity index (χ1n) is 5.94. The Morgan fingerprint density at radius 1 is 1.67 bits per heavy atom. The number of likely N-dealkylation sites (N-methyl/N-ethyl adjacent to an activating group) is 1. The highest BCUT2D eigenvalue weighted by molar-refractivity contribution is 7.89. The maximum absolute atomic E-state index is 11.8. The van der Waals surface area contributed by atoms with Crippen molar-refractivity contribution in [3.8, 4) is 0 Å². The molecule has 1 saturated heterocycles. The SMILES string of the molecule is CCN1CCOC(CNS(=O)(=O)c2cn[nH]c2)C1. The minimum atomic E-state index is -3.48. The third-order valence-electron chi connectivity index (χ3n) is 2.95. The third kappa shape index (κ3) is 3.29. The summed E-state index contributed by atoms with van der Waals surface area (Å²) in [6, 6.07) is 0. The van der Waals surface area contributed by atoms with Crippen molar-refractivity contribution < 1.29 is 13.2 Å². The van der Waals surface area contributed by atoms with E-state index in [9.17, 15) is 8.42 Å². The van der Waals surface area contributed by atoms with Crippen LogP contribution in [0.25, 0.3) is 0 Å². The topological polar surface area (TPSA) is 87.3 Å². The van der Waals surface area contributed by atoms with Gasteiger partial charge in [-0.05, 0) is 6.54 Å². The summed E-state index contributed by atoms with van der Waals surface area (Å²) in [5, 5.41) is 6.11. The van der Waals surface area contributed by atoms with Crippen LogP contribution in [0.2, 0.25) is 0 Å². The number of hydrogen-bond acceptors (Lipinski definition) is 5. The summed E-state index contributed by atoms with van der Waals surface area (Å²) in [5.74, 6) is 0. The molecule has 0 bridgehead atoms. The van der Waals surface area contributed by atoms with Crippen LogP contribution in [0.15, 0.2) is 17.3 Å². The van der Waals surface area contributed by atoms with Crippen LogP contribution in [0.4, 0.5) is 0 Å². The van der Waals surface area contributed by atoms with Gasteiger partial charge in [0.25, 0.3) is 0 Å². The predicted molar refractivity (Wildman–Crippen MR) is 65.6 cm³/mol. The molecule has 1 unspecified atom stereocenters. The molecule has 0 radical (unpaired) electrons. The molecule has 1 fully saturated rings. The molecule has 102 valence electrons. The summed E-state index contributed by atoms with van der Waals surface area (Å²) in [6.07, 6.45) is 2.53. The number of aromatic amines is 1. The molecular formula is C10H18N4O3S. The van der Waals surface area contributed by atoms with E-state index in [1.54, 1.807) is 0 Å². The number of H-pyrrole nitrogens is 1. The molecular weight excluding hydrogens is 256 g/mol. The van der Waals surface area contributed by atoms with Gasteiger partial charge >= 0.3 is 0 Å². The fourth-order valence-electron chi connectivity index (χ4n) is 1.86. The minimum absolute atomic E-state index is 0.0969. The first-order valence-corrected chi connectivity index (χ1v) is 7.42. The van der Waals surface area contributed by atoms with Crippen molar-refractivity contribution in [1.29, 1.82) is 0 Å². The van der Waals surface area contributed by atoms with Gasteiger partial charge in [0, 0.05) is 25.8 Å². The summed E-state index contributed by atoms with van der Waals surface area (Å²) in [7, 11) is -3.48. The molecule has 1 aliphatic heterocycles. The molecule has 2 N–H and O–H groups in total. The molecule has 0 aliphatic carbocycles. The zero-order valence-corrected chi connectivity index (χ0v) is 11.1. The normalized spacial score (nSPS) is 22.2. The highest BCUT2D eigenvalue weighted by Crippen LogP contribution is 2.07. The summed E-state index contributed by atoms with van der Waals surface area (Å²) < 4.78 is 31.8. The van der Waals surface area contributed by atoms with E-state index in [1.807, 2.05) is 0 Å². The molecule has 1 aromatic heterocycles. The number of nitrogens with zero attached hydrogens (tertiary/aromatic N) is 2. The molecule has 0 aromatic carbocycles. The lowest BCUT2D eigenvalue weighted by molar-refractivity contribution is -0.0229. The Bertz CT molecular complexity index is 459. The molecule has 2 heterocycles. The van der Waals surface area contributed by atoms with Crippen molar-refractivity contribution in [1.82, 2.24) is 19.8 Å². The van der Waals surface area contributed by atoms with Crippen molar-refractivity contribution in [2.24, 2.45) is 0 Å². The number of ether oxygens (including phenoxy) is 1. The van der Waals surface area contributed by atoms with E-state index in [0.29, 0.717) is 6.61 Å². The Morgan fingerprint density at radius 3 is 3.17 bits per heavy atom. The van der Waals surface area contributed by atoms with Gasteiger partial charge in [-0.1, -0.05) is 6.92 Å². The first-order chi connectivity index (χ1) is 8.62. The van der Waals surface area contributed by atoms with Crippen molar-refractivity contribution in [2.75, 3.05) is 32.8 Å². The lowest BCUT2D eigenvalue weighted by Gasteiger charge is -2.31. The summed E-state index contributed by atoms with van der Waals surface area (Å²) in [4.78, 5) is 2.38. The van der Waals surface area contributed by atoms with Crippen LogP contribution in [0.3, 0.4) is 0 Å². The molecule has 0 amide bonds. The quantitative estimate of drug-likeness (QED) is 0.749. The van der Waals surface area contributed by atoms with Crippen LogP contribution in [-0.2, 0) is 14.8 Å². The maximum atomic E-state index is 11.8. The van der Waals surface area contributed by atoms with Gasteiger partial charge in [-0.15, -0.1) is 0 Å². The van der Waals surface area contributed by atoms with Gasteiger partial charge in [0.1, 0.15) is 4.90 Å². The van der Waals surface area contributed by atoms with Gasteiger partial charge in [-0.25, -0.2) is 13.1 Å². The molecule has 1 atom stereocenters. The number of nitrogens with one attached hydrogen (secondary N) is 2. The number of rotatable bonds is 5. The van der Waals surface area contributed by atoms with Gasteiger partial charge in [-0.2, -0.15) is 5.10 Å². The molecule has 7 nitrogen and oxygen atoms in total. The smallest absolute Gasteiger partial charge is 0.243 e. The Hall–Kier alpha value is -0.960. The lowest BCUT2D eigenvalue weighted by atomic mass is 10.3. The van der Waals surface area contributed by atoms with Gasteiger partial charge in [0.05, 0.1) is 18.9 Å². The van der Waals surface area contributed by atoms with Crippen LogP contribution < -0.4 is 4.72 Å². The van der Waals surface area contributed by atoms with E-state index in [-0.39, 0.29) is 17.5 Å². The molecule has 1 aromatic rings. The molecule has 8 heteroatoms. The maximum Gasteiger partial charge on any atom is 0.243 e. The van der Waals surface area contributed by atoms with E-state index in [1.165, 1.54) is 12.4 Å². The highest BCUT2D eigenvalue weighted by Gasteiger charge is 2.22. The molecule has 2 rings (SSSR count). The second-order valence-electron chi connectivity index (χ2n) is 4.17. The molecule has 1 aliphatic rings.